The third kappa shape index (κ3) is 2.75. The quantitative estimate of drug-likeness (QED) is 0.764. The van der Waals surface area contributed by atoms with Crippen LogP contribution in [0.15, 0.2) is 30.6 Å². The largest absolute Gasteiger partial charge is 0.303 e. The number of aromatic nitrogens is 2. The third-order valence-electron chi connectivity index (χ3n) is 2.31. The van der Waals surface area contributed by atoms with Crippen LogP contribution < -0.4 is 0 Å². The van der Waals surface area contributed by atoms with E-state index in [-0.39, 0.29) is 0 Å². The Bertz CT molecular complexity index is 517. The zero-order chi connectivity index (χ0) is 12.3. The van der Waals surface area contributed by atoms with Gasteiger partial charge < -0.3 is 4.79 Å². The van der Waals surface area contributed by atoms with E-state index in [0.717, 1.165) is 12.4 Å². The molecule has 0 radical (unpaired) electrons. The fourth-order valence-electron chi connectivity index (χ4n) is 1.54. The summed E-state index contributed by atoms with van der Waals surface area (Å²) in [5, 5.41) is 4.00. The minimum Gasteiger partial charge on any atom is -0.303 e. The highest BCUT2D eigenvalue weighted by Crippen LogP contribution is 2.20. The molecule has 0 fully saturated rings. The van der Waals surface area contributed by atoms with Gasteiger partial charge in [-0.3, -0.25) is 4.68 Å². The monoisotopic (exact) mass is 236 g/mol. The van der Waals surface area contributed by atoms with Gasteiger partial charge in [0.05, 0.1) is 6.20 Å². The van der Waals surface area contributed by atoms with Gasteiger partial charge in [0.2, 0.25) is 0 Å². The van der Waals surface area contributed by atoms with Gasteiger partial charge >= 0.3 is 0 Å². The smallest absolute Gasteiger partial charge is 0.126 e. The van der Waals surface area contributed by atoms with Crippen molar-refractivity contribution in [3.8, 4) is 11.1 Å². The lowest BCUT2D eigenvalue weighted by atomic mass is 10.1. The zero-order valence-electron chi connectivity index (χ0n) is 8.94. The Morgan fingerprint density at radius 1 is 1.18 bits per heavy atom. The van der Waals surface area contributed by atoms with E-state index in [2.05, 4.69) is 5.10 Å². The van der Waals surface area contributed by atoms with E-state index in [0.29, 0.717) is 24.1 Å². The van der Waals surface area contributed by atoms with Crippen LogP contribution in [0.2, 0.25) is 0 Å². The molecule has 0 atom stereocenters. The first-order valence-corrected chi connectivity index (χ1v) is 5.11. The fourth-order valence-corrected chi connectivity index (χ4v) is 1.54. The van der Waals surface area contributed by atoms with Crippen molar-refractivity contribution in [3.05, 3.63) is 42.2 Å². The normalized spacial score (nSPS) is 10.5. The summed E-state index contributed by atoms with van der Waals surface area (Å²) in [7, 11) is 0. The molecule has 3 nitrogen and oxygen atoms in total. The number of hydrogen-bond acceptors (Lipinski definition) is 2. The summed E-state index contributed by atoms with van der Waals surface area (Å²) >= 11 is 0. The molecule has 0 aliphatic rings. The predicted molar refractivity (Wildman–Crippen MR) is 58.3 cm³/mol. The van der Waals surface area contributed by atoms with Crippen molar-refractivity contribution in [1.29, 1.82) is 0 Å². The molecule has 88 valence electrons. The molecule has 1 aromatic carbocycles. The Labute approximate surface area is 96.7 Å². The first-order chi connectivity index (χ1) is 8.19. The molecule has 0 aliphatic heterocycles. The second-order valence-corrected chi connectivity index (χ2v) is 3.61. The molecule has 1 aromatic heterocycles. The molecule has 0 aliphatic carbocycles. The number of carbonyl (C=O) groups excluding carboxylic acids is 1. The molecule has 1 heterocycles. The van der Waals surface area contributed by atoms with Crippen molar-refractivity contribution in [2.24, 2.45) is 0 Å². The number of aldehydes is 1. The topological polar surface area (TPSA) is 34.9 Å². The van der Waals surface area contributed by atoms with E-state index in [1.54, 1.807) is 10.9 Å². The molecule has 5 heteroatoms. The van der Waals surface area contributed by atoms with Gasteiger partial charge in [0, 0.05) is 30.8 Å². The fraction of sp³-hybridized carbons (Fsp3) is 0.167. The summed E-state index contributed by atoms with van der Waals surface area (Å²) in [4.78, 5) is 10.2. The SMILES string of the molecule is O=CCCn1cc(-c2cc(F)cc(F)c2)cn1. The summed E-state index contributed by atoms with van der Waals surface area (Å²) in [6.07, 6.45) is 4.32. The Morgan fingerprint density at radius 2 is 1.88 bits per heavy atom. The van der Waals surface area contributed by atoms with Gasteiger partial charge in [-0.1, -0.05) is 0 Å². The minimum absolute atomic E-state index is 0.360. The van der Waals surface area contributed by atoms with Gasteiger partial charge in [-0.25, -0.2) is 8.78 Å². The lowest BCUT2D eigenvalue weighted by Crippen LogP contribution is -1.97. The molecule has 0 saturated carbocycles. The molecule has 0 unspecified atom stereocenters. The van der Waals surface area contributed by atoms with Crippen LogP contribution in [-0.4, -0.2) is 16.1 Å². The molecule has 0 spiro atoms. The summed E-state index contributed by atoms with van der Waals surface area (Å²) < 4.78 is 27.6. The maximum Gasteiger partial charge on any atom is 0.126 e. The Hall–Kier alpha value is -2.04. The second-order valence-electron chi connectivity index (χ2n) is 3.61. The summed E-state index contributed by atoms with van der Waals surface area (Å²) in [6.45, 7) is 0.460. The summed E-state index contributed by atoms with van der Waals surface area (Å²) in [5.41, 5.74) is 1.05. The van der Waals surface area contributed by atoms with E-state index in [4.69, 9.17) is 0 Å². The number of rotatable bonds is 4. The lowest BCUT2D eigenvalue weighted by molar-refractivity contribution is -0.108. The Morgan fingerprint density at radius 3 is 2.53 bits per heavy atom. The first kappa shape index (κ1) is 11.4. The van der Waals surface area contributed by atoms with Gasteiger partial charge in [-0.15, -0.1) is 0 Å². The molecular formula is C12H10F2N2O. The lowest BCUT2D eigenvalue weighted by Gasteiger charge is -1.98. The molecule has 0 N–H and O–H groups in total. The van der Waals surface area contributed by atoms with E-state index < -0.39 is 11.6 Å². The van der Waals surface area contributed by atoms with Crippen LogP contribution in [0, 0.1) is 11.6 Å². The van der Waals surface area contributed by atoms with Gasteiger partial charge in [0.15, 0.2) is 0 Å². The molecule has 2 rings (SSSR count). The Balaban J connectivity index is 2.26. The number of halogens is 2. The summed E-state index contributed by atoms with van der Waals surface area (Å²) in [5.74, 6) is -1.25. The van der Waals surface area contributed by atoms with Crippen LogP contribution in [0.5, 0.6) is 0 Å². The van der Waals surface area contributed by atoms with Crippen LogP contribution in [0.25, 0.3) is 11.1 Å². The number of aryl methyl sites for hydroxylation is 1. The van der Waals surface area contributed by atoms with Crippen molar-refractivity contribution in [2.45, 2.75) is 13.0 Å². The predicted octanol–water partition coefficient (Wildman–Crippen LogP) is 2.42. The minimum atomic E-state index is -0.624. The van der Waals surface area contributed by atoms with E-state index >= 15 is 0 Å². The Kier molecular flexibility index (Phi) is 3.27. The van der Waals surface area contributed by atoms with E-state index in [9.17, 15) is 13.6 Å². The molecule has 17 heavy (non-hydrogen) atoms. The van der Waals surface area contributed by atoms with Crippen molar-refractivity contribution < 1.29 is 13.6 Å². The highest BCUT2D eigenvalue weighted by atomic mass is 19.1. The van der Waals surface area contributed by atoms with Crippen LogP contribution >= 0.6 is 0 Å². The van der Waals surface area contributed by atoms with Gasteiger partial charge in [-0.2, -0.15) is 5.10 Å². The van der Waals surface area contributed by atoms with Crippen molar-refractivity contribution >= 4 is 6.29 Å². The average molecular weight is 236 g/mol. The average Bonchev–Trinajstić information content (AvgIpc) is 2.73. The van der Waals surface area contributed by atoms with Crippen molar-refractivity contribution in [1.82, 2.24) is 9.78 Å². The number of hydrogen-bond donors (Lipinski definition) is 0. The molecule has 0 saturated heterocycles. The number of nitrogens with zero attached hydrogens (tertiary/aromatic N) is 2. The first-order valence-electron chi connectivity index (χ1n) is 5.11. The van der Waals surface area contributed by atoms with Gasteiger partial charge in [0.1, 0.15) is 17.9 Å². The van der Waals surface area contributed by atoms with Crippen LogP contribution in [0.4, 0.5) is 8.78 Å². The maximum absolute atomic E-state index is 13.0. The van der Waals surface area contributed by atoms with Crippen molar-refractivity contribution in [2.75, 3.05) is 0 Å². The van der Waals surface area contributed by atoms with Crippen LogP contribution in [0.3, 0.4) is 0 Å². The summed E-state index contributed by atoms with van der Waals surface area (Å²) in [6, 6.07) is 3.30. The van der Waals surface area contributed by atoms with Gasteiger partial charge in [0.25, 0.3) is 0 Å². The third-order valence-corrected chi connectivity index (χ3v) is 2.31. The standard InChI is InChI=1S/C12H10F2N2O/c13-11-4-9(5-12(14)6-11)10-7-15-16(8-10)2-1-3-17/h3-8H,1-2H2. The number of benzene rings is 1. The highest BCUT2D eigenvalue weighted by Gasteiger charge is 2.05. The molecule has 0 amide bonds. The second kappa shape index (κ2) is 4.86. The van der Waals surface area contributed by atoms with Crippen molar-refractivity contribution in [3.63, 3.8) is 0 Å². The van der Waals surface area contributed by atoms with Crippen LogP contribution in [0.1, 0.15) is 6.42 Å². The van der Waals surface area contributed by atoms with E-state index in [1.807, 2.05) is 0 Å². The molecule has 0 bridgehead atoms. The number of carbonyl (C=O) groups is 1. The van der Waals surface area contributed by atoms with E-state index in [1.165, 1.54) is 18.3 Å². The maximum atomic E-state index is 13.0. The van der Waals surface area contributed by atoms with Gasteiger partial charge in [-0.05, 0) is 17.7 Å². The zero-order valence-corrected chi connectivity index (χ0v) is 8.94. The van der Waals surface area contributed by atoms with Crippen LogP contribution in [-0.2, 0) is 11.3 Å². The molecule has 2 aromatic rings. The highest BCUT2D eigenvalue weighted by molar-refractivity contribution is 5.61. The molecular weight excluding hydrogens is 226 g/mol.